The largest absolute Gasteiger partial charge is 0.494 e. The molecule has 6 nitrogen and oxygen atoms in total. The molecule has 1 unspecified atom stereocenters. The third kappa shape index (κ3) is 4.52. The maximum absolute atomic E-state index is 13.8. The zero-order chi connectivity index (χ0) is 18.5. The van der Waals surface area contributed by atoms with Crippen molar-refractivity contribution in [3.05, 3.63) is 29.6 Å². The summed E-state index contributed by atoms with van der Waals surface area (Å²) < 4.78 is 30.1. The van der Waals surface area contributed by atoms with Gasteiger partial charge in [0.15, 0.2) is 17.9 Å². The molecule has 2 fully saturated rings. The van der Waals surface area contributed by atoms with Crippen molar-refractivity contribution in [3.63, 3.8) is 0 Å². The van der Waals surface area contributed by atoms with Gasteiger partial charge in [-0.25, -0.2) is 4.39 Å². The summed E-state index contributed by atoms with van der Waals surface area (Å²) >= 11 is 0. The normalized spacial score (nSPS) is 21.7. The summed E-state index contributed by atoms with van der Waals surface area (Å²) in [4.78, 5) is 16.5. The molecule has 1 aromatic carbocycles. The smallest absolute Gasteiger partial charge is 0.236 e. The summed E-state index contributed by atoms with van der Waals surface area (Å²) in [5.41, 5.74) is 0.733. The molecule has 2 saturated heterocycles. The predicted octanol–water partition coefficient (Wildman–Crippen LogP) is 2.02. The Morgan fingerprint density at radius 3 is 2.81 bits per heavy atom. The Kier molecular flexibility index (Phi) is 6.45. The average molecular weight is 366 g/mol. The van der Waals surface area contributed by atoms with Crippen LogP contribution < -0.4 is 4.74 Å². The lowest BCUT2D eigenvalue weighted by Crippen LogP contribution is -2.51. The van der Waals surface area contributed by atoms with Crippen LogP contribution >= 0.6 is 0 Å². The van der Waals surface area contributed by atoms with E-state index in [2.05, 4.69) is 4.90 Å². The van der Waals surface area contributed by atoms with E-state index < -0.39 is 5.82 Å². The van der Waals surface area contributed by atoms with Gasteiger partial charge in [-0.15, -0.1) is 0 Å². The zero-order valence-corrected chi connectivity index (χ0v) is 15.4. The number of carbonyl (C=O) groups excluding carboxylic acids is 1. The second-order valence-corrected chi connectivity index (χ2v) is 6.86. The molecule has 7 heteroatoms. The highest BCUT2D eigenvalue weighted by molar-refractivity contribution is 5.78. The molecule has 1 atom stereocenters. The first-order valence-electron chi connectivity index (χ1n) is 9.12. The van der Waals surface area contributed by atoms with E-state index in [1.54, 1.807) is 24.1 Å². The van der Waals surface area contributed by atoms with Crippen LogP contribution in [0.1, 0.15) is 24.8 Å². The first-order valence-corrected chi connectivity index (χ1v) is 9.12. The van der Waals surface area contributed by atoms with E-state index in [1.807, 2.05) is 0 Å². The van der Waals surface area contributed by atoms with Gasteiger partial charge in [-0.2, -0.15) is 0 Å². The van der Waals surface area contributed by atoms with Gasteiger partial charge in [0.25, 0.3) is 0 Å². The van der Waals surface area contributed by atoms with Crippen molar-refractivity contribution in [1.82, 2.24) is 9.80 Å². The van der Waals surface area contributed by atoms with Crippen molar-refractivity contribution in [2.75, 3.05) is 40.5 Å². The molecule has 144 valence electrons. The molecular weight excluding hydrogens is 339 g/mol. The van der Waals surface area contributed by atoms with Gasteiger partial charge < -0.3 is 19.1 Å². The molecule has 2 aliphatic heterocycles. The molecule has 2 heterocycles. The van der Waals surface area contributed by atoms with Crippen LogP contribution in [0.4, 0.5) is 4.39 Å². The number of rotatable bonds is 6. The lowest BCUT2D eigenvalue weighted by Gasteiger charge is -2.38. The monoisotopic (exact) mass is 366 g/mol. The second-order valence-electron chi connectivity index (χ2n) is 6.86. The number of ether oxygens (including phenoxy) is 3. The highest BCUT2D eigenvalue weighted by Crippen LogP contribution is 2.24. The van der Waals surface area contributed by atoms with Crippen LogP contribution in [0, 0.1) is 5.82 Å². The summed E-state index contributed by atoms with van der Waals surface area (Å²) in [6.07, 6.45) is 2.94. The van der Waals surface area contributed by atoms with Crippen molar-refractivity contribution in [2.24, 2.45) is 0 Å². The Bertz CT molecular complexity index is 622. The molecular formula is C19H27FN2O4. The Morgan fingerprint density at radius 1 is 1.35 bits per heavy atom. The van der Waals surface area contributed by atoms with Crippen LogP contribution in [0.5, 0.6) is 5.75 Å². The van der Waals surface area contributed by atoms with Crippen molar-refractivity contribution < 1.29 is 23.4 Å². The minimum atomic E-state index is -0.419. The van der Waals surface area contributed by atoms with Gasteiger partial charge in [-0.3, -0.25) is 9.69 Å². The van der Waals surface area contributed by atoms with E-state index >= 15 is 0 Å². The van der Waals surface area contributed by atoms with Crippen LogP contribution in [0.3, 0.4) is 0 Å². The number of benzene rings is 1. The first kappa shape index (κ1) is 19.1. The van der Waals surface area contributed by atoms with Crippen LogP contribution in [0.15, 0.2) is 18.2 Å². The fraction of sp³-hybridized carbons (Fsp3) is 0.632. The number of piperidine rings is 1. The van der Waals surface area contributed by atoms with Crippen molar-refractivity contribution in [3.8, 4) is 5.75 Å². The lowest BCUT2D eigenvalue weighted by atomic mass is 10.0. The van der Waals surface area contributed by atoms with Gasteiger partial charge in [0.2, 0.25) is 5.91 Å². The Balaban J connectivity index is 1.58. The lowest BCUT2D eigenvalue weighted by molar-refractivity contribution is -0.139. The third-order valence-corrected chi connectivity index (χ3v) is 5.03. The van der Waals surface area contributed by atoms with E-state index in [4.69, 9.17) is 14.2 Å². The molecule has 0 saturated carbocycles. The standard InChI is InChI=1S/C19H27FN2O4/c1-21(12-14-6-7-17(24-2)15(20)11-14)18(23)13-22-8-4-3-5-16(22)19-25-9-10-26-19/h6-7,11,16,19H,3-5,8-10,12-13H2,1-2H3. The molecule has 0 spiro atoms. The fourth-order valence-corrected chi connectivity index (χ4v) is 3.58. The number of likely N-dealkylation sites (N-methyl/N-ethyl adjacent to an activating group) is 1. The first-order chi connectivity index (χ1) is 12.6. The summed E-state index contributed by atoms with van der Waals surface area (Å²) in [6, 6.07) is 4.89. The molecule has 0 N–H and O–H groups in total. The quantitative estimate of drug-likeness (QED) is 0.771. The Hall–Kier alpha value is -1.70. The van der Waals surface area contributed by atoms with Crippen molar-refractivity contribution in [1.29, 1.82) is 0 Å². The summed E-state index contributed by atoms with van der Waals surface area (Å²) in [5, 5.41) is 0. The minimum Gasteiger partial charge on any atom is -0.494 e. The van der Waals surface area contributed by atoms with E-state index in [-0.39, 0.29) is 24.0 Å². The topological polar surface area (TPSA) is 51.2 Å². The second kappa shape index (κ2) is 8.79. The van der Waals surface area contributed by atoms with Gasteiger partial charge in [-0.1, -0.05) is 12.5 Å². The molecule has 1 amide bonds. The molecule has 0 bridgehead atoms. The maximum Gasteiger partial charge on any atom is 0.236 e. The van der Waals surface area contributed by atoms with E-state index in [0.29, 0.717) is 26.3 Å². The Morgan fingerprint density at radius 2 is 2.12 bits per heavy atom. The van der Waals surface area contributed by atoms with Gasteiger partial charge in [0.1, 0.15) is 0 Å². The van der Waals surface area contributed by atoms with Gasteiger partial charge in [0, 0.05) is 13.6 Å². The molecule has 0 radical (unpaired) electrons. The highest BCUT2D eigenvalue weighted by atomic mass is 19.1. The Labute approximate surface area is 153 Å². The number of carbonyl (C=O) groups is 1. The van der Waals surface area contributed by atoms with Crippen molar-refractivity contribution in [2.45, 2.75) is 38.1 Å². The number of amides is 1. The molecule has 3 rings (SSSR count). The van der Waals surface area contributed by atoms with Crippen LogP contribution in [-0.2, 0) is 20.8 Å². The fourth-order valence-electron chi connectivity index (χ4n) is 3.58. The zero-order valence-electron chi connectivity index (χ0n) is 15.4. The number of nitrogens with zero attached hydrogens (tertiary/aromatic N) is 2. The van der Waals surface area contributed by atoms with Crippen LogP contribution in [0.25, 0.3) is 0 Å². The van der Waals surface area contributed by atoms with Crippen molar-refractivity contribution >= 4 is 5.91 Å². The average Bonchev–Trinajstić information content (AvgIpc) is 3.17. The number of hydrogen-bond donors (Lipinski definition) is 0. The van der Waals surface area contributed by atoms with E-state index in [9.17, 15) is 9.18 Å². The number of methoxy groups -OCH3 is 1. The molecule has 0 aliphatic carbocycles. The van der Waals surface area contributed by atoms with Gasteiger partial charge >= 0.3 is 0 Å². The molecule has 2 aliphatic rings. The molecule has 26 heavy (non-hydrogen) atoms. The summed E-state index contributed by atoms with van der Waals surface area (Å²) in [5.74, 6) is -0.209. The van der Waals surface area contributed by atoms with Gasteiger partial charge in [0.05, 0.1) is 32.9 Å². The third-order valence-electron chi connectivity index (χ3n) is 5.03. The van der Waals surface area contributed by atoms with E-state index in [1.165, 1.54) is 13.2 Å². The number of likely N-dealkylation sites (tertiary alicyclic amines) is 1. The van der Waals surface area contributed by atoms with Crippen LogP contribution in [0.2, 0.25) is 0 Å². The summed E-state index contributed by atoms with van der Waals surface area (Å²) in [7, 11) is 3.17. The minimum absolute atomic E-state index is 0.00567. The molecule has 1 aromatic rings. The summed E-state index contributed by atoms with van der Waals surface area (Å²) in [6.45, 7) is 2.78. The van der Waals surface area contributed by atoms with Crippen LogP contribution in [-0.4, -0.2) is 68.5 Å². The molecule has 0 aromatic heterocycles. The maximum atomic E-state index is 13.8. The van der Waals surface area contributed by atoms with E-state index in [0.717, 1.165) is 31.4 Å². The van der Waals surface area contributed by atoms with Gasteiger partial charge in [-0.05, 0) is 37.1 Å². The predicted molar refractivity (Wildman–Crippen MR) is 94.3 cm³/mol. The number of halogens is 1. The highest BCUT2D eigenvalue weighted by Gasteiger charge is 2.34. The SMILES string of the molecule is COc1ccc(CN(C)C(=O)CN2CCCCC2C2OCCO2)cc1F. The number of hydrogen-bond acceptors (Lipinski definition) is 5.